The highest BCUT2D eigenvalue weighted by atomic mass is 35.5. The van der Waals surface area contributed by atoms with Gasteiger partial charge in [0.15, 0.2) is 0 Å². The smallest absolute Gasteiger partial charge is 0.229 e. The zero-order valence-electron chi connectivity index (χ0n) is 21.4. The first-order valence-corrected chi connectivity index (χ1v) is 12.9. The average Bonchev–Trinajstić information content (AvgIpc) is 3.44. The second-order valence-electron chi connectivity index (χ2n) is 10.6. The molecule has 194 valence electrons. The molecule has 1 spiro atoms. The molecule has 36 heavy (non-hydrogen) atoms. The number of halogens is 1. The van der Waals surface area contributed by atoms with Crippen LogP contribution in [0.1, 0.15) is 43.2 Å². The maximum Gasteiger partial charge on any atom is 0.229 e. The molecule has 5 rings (SSSR count). The van der Waals surface area contributed by atoms with E-state index < -0.39 is 0 Å². The van der Waals surface area contributed by atoms with E-state index in [0.717, 1.165) is 69.8 Å². The summed E-state index contributed by atoms with van der Waals surface area (Å²) in [6.45, 7) is 7.74. The van der Waals surface area contributed by atoms with Gasteiger partial charge in [0.1, 0.15) is 5.75 Å². The molecule has 2 aromatic rings. The highest BCUT2D eigenvalue weighted by Gasteiger charge is 2.48. The van der Waals surface area contributed by atoms with Crippen LogP contribution in [0.5, 0.6) is 5.75 Å². The number of piperidine rings is 1. The van der Waals surface area contributed by atoms with Crippen molar-refractivity contribution in [3.8, 4) is 5.75 Å². The number of hydrogen-bond acceptors (Lipinski definition) is 4. The first-order chi connectivity index (χ1) is 17.0. The fourth-order valence-corrected chi connectivity index (χ4v) is 6.35. The van der Waals surface area contributed by atoms with E-state index in [1.54, 1.807) is 14.0 Å². The van der Waals surface area contributed by atoms with Crippen molar-refractivity contribution in [3.63, 3.8) is 0 Å². The predicted octanol–water partition coefficient (Wildman–Crippen LogP) is 4.19. The molecule has 3 aliphatic heterocycles. The van der Waals surface area contributed by atoms with Crippen LogP contribution in [0.3, 0.4) is 0 Å². The minimum atomic E-state index is -0.192. The Labute approximate surface area is 221 Å². The van der Waals surface area contributed by atoms with Crippen LogP contribution in [0.4, 0.5) is 0 Å². The van der Waals surface area contributed by atoms with Gasteiger partial charge in [0, 0.05) is 45.6 Å². The van der Waals surface area contributed by atoms with Crippen LogP contribution >= 0.6 is 12.4 Å². The number of amides is 2. The number of benzene rings is 2. The molecule has 0 aliphatic carbocycles. The van der Waals surface area contributed by atoms with Gasteiger partial charge in [0.2, 0.25) is 11.8 Å². The van der Waals surface area contributed by atoms with Gasteiger partial charge >= 0.3 is 0 Å². The maximum atomic E-state index is 13.5. The molecule has 0 aromatic heterocycles. The number of hydrogen-bond donors (Lipinski definition) is 0. The summed E-state index contributed by atoms with van der Waals surface area (Å²) < 4.78 is 5.25. The zero-order valence-corrected chi connectivity index (χ0v) is 22.2. The van der Waals surface area contributed by atoms with Gasteiger partial charge in [-0.05, 0) is 61.5 Å². The predicted molar refractivity (Wildman–Crippen MR) is 143 cm³/mol. The third kappa shape index (κ3) is 5.40. The Hall–Kier alpha value is -2.57. The summed E-state index contributed by atoms with van der Waals surface area (Å²) >= 11 is 0. The normalized spacial score (nSPS) is 23.7. The van der Waals surface area contributed by atoms with Gasteiger partial charge in [0.05, 0.1) is 12.5 Å². The molecule has 3 aliphatic rings. The number of methoxy groups -OCH3 is 1. The Morgan fingerprint density at radius 3 is 2.28 bits per heavy atom. The maximum absolute atomic E-state index is 13.5. The second-order valence-corrected chi connectivity index (χ2v) is 10.6. The van der Waals surface area contributed by atoms with E-state index in [4.69, 9.17) is 4.74 Å². The molecular weight excluding hydrogens is 474 g/mol. The zero-order chi connectivity index (χ0) is 24.4. The van der Waals surface area contributed by atoms with Crippen LogP contribution in [0, 0.1) is 11.3 Å². The molecule has 2 atom stereocenters. The topological polar surface area (TPSA) is 53.1 Å². The number of nitrogens with zero attached hydrogens (tertiary/aromatic N) is 3. The first kappa shape index (κ1) is 26.5. The van der Waals surface area contributed by atoms with Crippen molar-refractivity contribution in [2.45, 2.75) is 38.6 Å². The average molecular weight is 512 g/mol. The second kappa shape index (κ2) is 11.2. The number of likely N-dealkylation sites (tertiary alicyclic amines) is 3. The Kier molecular flexibility index (Phi) is 8.26. The van der Waals surface area contributed by atoms with Gasteiger partial charge in [-0.2, -0.15) is 0 Å². The number of carbonyl (C=O) groups is 2. The van der Waals surface area contributed by atoms with Crippen molar-refractivity contribution in [1.82, 2.24) is 14.7 Å². The molecule has 2 aromatic carbocycles. The van der Waals surface area contributed by atoms with Gasteiger partial charge in [-0.3, -0.25) is 9.59 Å². The monoisotopic (exact) mass is 511 g/mol. The van der Waals surface area contributed by atoms with Crippen molar-refractivity contribution < 1.29 is 14.3 Å². The fraction of sp³-hybridized carbons (Fsp3) is 0.517. The highest BCUT2D eigenvalue weighted by molar-refractivity contribution is 5.85. The van der Waals surface area contributed by atoms with Crippen molar-refractivity contribution in [1.29, 1.82) is 0 Å². The van der Waals surface area contributed by atoms with Gasteiger partial charge in [-0.15, -0.1) is 12.4 Å². The fourth-order valence-electron chi connectivity index (χ4n) is 6.35. The number of ether oxygens (including phenoxy) is 1. The van der Waals surface area contributed by atoms with Crippen LogP contribution in [0.25, 0.3) is 0 Å². The third-order valence-corrected chi connectivity index (χ3v) is 8.55. The van der Waals surface area contributed by atoms with Gasteiger partial charge < -0.3 is 19.4 Å². The summed E-state index contributed by atoms with van der Waals surface area (Å²) in [5, 5.41) is 0. The minimum absolute atomic E-state index is 0. The lowest BCUT2D eigenvalue weighted by Gasteiger charge is -2.39. The molecule has 0 radical (unpaired) electrons. The molecule has 3 saturated heterocycles. The largest absolute Gasteiger partial charge is 0.497 e. The Bertz CT molecular complexity index is 1040. The summed E-state index contributed by atoms with van der Waals surface area (Å²) in [4.78, 5) is 32.2. The molecule has 3 fully saturated rings. The van der Waals surface area contributed by atoms with Crippen molar-refractivity contribution in [2.75, 3.05) is 46.4 Å². The van der Waals surface area contributed by atoms with Crippen LogP contribution in [0.2, 0.25) is 0 Å². The standard InChI is InChI=1S/C29H37N3O3.ClH/c1-22(33)32-20-25(27(21-32)24-6-4-3-5-7-24)19-30-15-12-29(13-16-30)14-17-31(28(29)34)18-23-8-10-26(35-2)11-9-23;/h3-11,25,27H,12-21H2,1-2H3;1H. The van der Waals surface area contributed by atoms with E-state index in [-0.39, 0.29) is 23.7 Å². The molecule has 2 amide bonds. The Morgan fingerprint density at radius 2 is 1.64 bits per heavy atom. The van der Waals surface area contributed by atoms with Crippen molar-refractivity contribution >= 4 is 24.2 Å². The molecule has 7 heteroatoms. The Morgan fingerprint density at radius 1 is 0.972 bits per heavy atom. The van der Waals surface area contributed by atoms with Crippen molar-refractivity contribution in [3.05, 3.63) is 65.7 Å². The van der Waals surface area contributed by atoms with Crippen molar-refractivity contribution in [2.24, 2.45) is 11.3 Å². The summed E-state index contributed by atoms with van der Waals surface area (Å²) in [6.07, 6.45) is 2.83. The van der Waals surface area contributed by atoms with E-state index in [1.807, 2.05) is 21.9 Å². The van der Waals surface area contributed by atoms with Crippen LogP contribution in [0.15, 0.2) is 54.6 Å². The summed E-state index contributed by atoms with van der Waals surface area (Å²) in [6, 6.07) is 18.7. The van der Waals surface area contributed by atoms with E-state index in [1.165, 1.54) is 5.56 Å². The number of carbonyl (C=O) groups excluding carboxylic acids is 2. The summed E-state index contributed by atoms with van der Waals surface area (Å²) in [5.41, 5.74) is 2.29. The molecular formula is C29H38ClN3O3. The minimum Gasteiger partial charge on any atom is -0.497 e. The van der Waals surface area contributed by atoms with E-state index in [0.29, 0.717) is 24.3 Å². The highest BCUT2D eigenvalue weighted by Crippen LogP contribution is 2.43. The van der Waals surface area contributed by atoms with Crippen LogP contribution in [-0.4, -0.2) is 72.9 Å². The SMILES string of the molecule is COc1ccc(CN2CCC3(CCN(CC4CN(C(C)=O)CC4c4ccccc4)CC3)C2=O)cc1.Cl. The first-order valence-electron chi connectivity index (χ1n) is 12.9. The molecule has 6 nitrogen and oxygen atoms in total. The quantitative estimate of drug-likeness (QED) is 0.583. The van der Waals surface area contributed by atoms with Gasteiger partial charge in [0.25, 0.3) is 0 Å². The molecule has 0 N–H and O–H groups in total. The van der Waals surface area contributed by atoms with E-state index in [2.05, 4.69) is 47.4 Å². The lowest BCUT2D eigenvalue weighted by Crippen LogP contribution is -2.46. The van der Waals surface area contributed by atoms with Gasteiger partial charge in [-0.25, -0.2) is 0 Å². The lowest BCUT2D eigenvalue weighted by atomic mass is 9.76. The lowest BCUT2D eigenvalue weighted by molar-refractivity contribution is -0.139. The van der Waals surface area contributed by atoms with Crippen LogP contribution < -0.4 is 4.74 Å². The third-order valence-electron chi connectivity index (χ3n) is 8.55. The van der Waals surface area contributed by atoms with E-state index in [9.17, 15) is 9.59 Å². The summed E-state index contributed by atoms with van der Waals surface area (Å²) in [5.74, 6) is 2.15. The van der Waals surface area contributed by atoms with Crippen LogP contribution in [-0.2, 0) is 16.1 Å². The Balaban J connectivity index is 0.00000304. The molecule has 0 bridgehead atoms. The van der Waals surface area contributed by atoms with E-state index >= 15 is 0 Å². The molecule has 3 heterocycles. The molecule has 2 unspecified atom stereocenters. The molecule has 0 saturated carbocycles. The van der Waals surface area contributed by atoms with Gasteiger partial charge in [-0.1, -0.05) is 42.5 Å². The number of rotatable bonds is 6. The summed E-state index contributed by atoms with van der Waals surface area (Å²) in [7, 11) is 1.67.